The van der Waals surface area contributed by atoms with Crippen molar-refractivity contribution in [3.05, 3.63) is 42.5 Å². The maximum atomic E-state index is 13.5. The Morgan fingerprint density at radius 2 is 1.69 bits per heavy atom. The molecular weight excluding hydrogens is 470 g/mol. The molecular formula is C26H35NO7S. The van der Waals surface area contributed by atoms with Crippen LogP contribution >= 0.6 is 0 Å². The first-order valence-corrected chi connectivity index (χ1v) is 13.6. The van der Waals surface area contributed by atoms with E-state index in [2.05, 4.69) is 0 Å². The average molecular weight is 506 g/mol. The van der Waals surface area contributed by atoms with Crippen molar-refractivity contribution in [3.8, 4) is 0 Å². The van der Waals surface area contributed by atoms with E-state index in [0.29, 0.717) is 13.0 Å². The van der Waals surface area contributed by atoms with Gasteiger partial charge in [-0.25, -0.2) is 8.42 Å². The summed E-state index contributed by atoms with van der Waals surface area (Å²) in [6.07, 6.45) is 2.33. The lowest BCUT2D eigenvalue weighted by molar-refractivity contribution is -0.150. The van der Waals surface area contributed by atoms with Gasteiger partial charge in [-0.05, 0) is 42.7 Å². The number of hydrogen-bond acceptors (Lipinski definition) is 7. The molecule has 0 saturated heterocycles. The van der Waals surface area contributed by atoms with Gasteiger partial charge in [0.15, 0.2) is 9.84 Å². The Kier molecular flexibility index (Phi) is 11.2. The Balaban J connectivity index is 2.32. The summed E-state index contributed by atoms with van der Waals surface area (Å²) < 4.78 is 36.4. The van der Waals surface area contributed by atoms with E-state index in [9.17, 15) is 22.8 Å². The number of rotatable bonds is 14. The molecule has 0 saturated carbocycles. The van der Waals surface area contributed by atoms with E-state index in [4.69, 9.17) is 9.47 Å². The zero-order valence-electron chi connectivity index (χ0n) is 20.7. The van der Waals surface area contributed by atoms with Gasteiger partial charge in [-0.1, -0.05) is 50.1 Å². The van der Waals surface area contributed by atoms with E-state index >= 15 is 0 Å². The van der Waals surface area contributed by atoms with Crippen LogP contribution in [0.1, 0.15) is 46.0 Å². The number of nitrogens with zero attached hydrogens (tertiary/aromatic N) is 1. The number of sulfone groups is 1. The largest absolute Gasteiger partial charge is 0.469 e. The Hall–Kier alpha value is -2.94. The first kappa shape index (κ1) is 28.3. The predicted molar refractivity (Wildman–Crippen MR) is 133 cm³/mol. The van der Waals surface area contributed by atoms with Gasteiger partial charge >= 0.3 is 11.9 Å². The Bertz CT molecular complexity index is 1110. The van der Waals surface area contributed by atoms with Crippen LogP contribution in [-0.2, 0) is 33.7 Å². The highest BCUT2D eigenvalue weighted by Crippen LogP contribution is 2.24. The third-order valence-corrected chi connectivity index (χ3v) is 7.56. The minimum Gasteiger partial charge on any atom is -0.469 e. The number of fused-ring (bicyclic) bond motifs is 1. The normalized spacial score (nSPS) is 12.2. The maximum absolute atomic E-state index is 13.5. The van der Waals surface area contributed by atoms with Gasteiger partial charge in [-0.3, -0.25) is 14.4 Å². The summed E-state index contributed by atoms with van der Waals surface area (Å²) in [7, 11) is -2.62. The van der Waals surface area contributed by atoms with Crippen LogP contribution in [0.25, 0.3) is 10.8 Å². The van der Waals surface area contributed by atoms with Crippen LogP contribution in [0.3, 0.4) is 0 Å². The van der Waals surface area contributed by atoms with Gasteiger partial charge in [0.2, 0.25) is 5.91 Å². The van der Waals surface area contributed by atoms with Crippen LogP contribution in [0.2, 0.25) is 0 Å². The van der Waals surface area contributed by atoms with Crippen molar-refractivity contribution in [2.75, 3.05) is 32.6 Å². The minimum absolute atomic E-state index is 0.00851. The fourth-order valence-corrected chi connectivity index (χ4v) is 5.45. The molecule has 0 aliphatic rings. The number of methoxy groups -OCH3 is 1. The van der Waals surface area contributed by atoms with Gasteiger partial charge in [-0.15, -0.1) is 0 Å². The fraction of sp³-hybridized carbons (Fsp3) is 0.500. The summed E-state index contributed by atoms with van der Waals surface area (Å²) in [5.74, 6) is -3.06. The van der Waals surface area contributed by atoms with E-state index in [0.717, 1.165) is 23.6 Å². The van der Waals surface area contributed by atoms with Crippen molar-refractivity contribution in [2.24, 2.45) is 5.92 Å². The molecule has 0 aliphatic heterocycles. The van der Waals surface area contributed by atoms with Gasteiger partial charge < -0.3 is 14.4 Å². The lowest BCUT2D eigenvalue weighted by atomic mass is 10.0. The third kappa shape index (κ3) is 8.65. The molecule has 35 heavy (non-hydrogen) atoms. The lowest BCUT2D eigenvalue weighted by Gasteiger charge is -2.26. The summed E-state index contributed by atoms with van der Waals surface area (Å²) in [5, 5.41) is 1.68. The van der Waals surface area contributed by atoms with Gasteiger partial charge in [-0.2, -0.15) is 0 Å². The zero-order chi connectivity index (χ0) is 25.8. The van der Waals surface area contributed by atoms with Crippen LogP contribution < -0.4 is 0 Å². The first-order valence-electron chi connectivity index (χ1n) is 11.9. The molecule has 0 fully saturated rings. The van der Waals surface area contributed by atoms with E-state index in [1.165, 1.54) is 18.1 Å². The summed E-state index contributed by atoms with van der Waals surface area (Å²) in [6.45, 7) is 3.92. The number of amides is 1. The molecule has 1 amide bonds. The molecule has 0 radical (unpaired) electrons. The molecule has 2 aromatic carbocycles. The number of unbranched alkanes of at least 4 members (excludes halogenated alkanes) is 2. The van der Waals surface area contributed by atoms with Crippen molar-refractivity contribution in [2.45, 2.75) is 50.8 Å². The first-order chi connectivity index (χ1) is 16.7. The SMILES string of the molecule is CCCCCN(CC(=O)OCC)C(=O)C(CCC(=O)OC)CS(=O)(=O)c1ccc2ccccc2c1. The summed E-state index contributed by atoms with van der Waals surface area (Å²) >= 11 is 0. The van der Waals surface area contributed by atoms with Crippen LogP contribution in [0.5, 0.6) is 0 Å². The second-order valence-electron chi connectivity index (χ2n) is 8.37. The molecule has 0 aromatic heterocycles. The topological polar surface area (TPSA) is 107 Å². The Morgan fingerprint density at radius 1 is 0.971 bits per heavy atom. The van der Waals surface area contributed by atoms with Crippen molar-refractivity contribution in [3.63, 3.8) is 0 Å². The molecule has 1 atom stereocenters. The highest BCUT2D eigenvalue weighted by Gasteiger charge is 2.32. The molecule has 8 nitrogen and oxygen atoms in total. The summed E-state index contributed by atoms with van der Waals surface area (Å²) in [5.41, 5.74) is 0. The fourth-order valence-electron chi connectivity index (χ4n) is 3.83. The Morgan fingerprint density at radius 3 is 2.34 bits per heavy atom. The predicted octanol–water partition coefficient (Wildman–Crippen LogP) is 3.76. The molecule has 1 unspecified atom stereocenters. The lowest BCUT2D eigenvalue weighted by Crippen LogP contribution is -2.43. The molecule has 0 bridgehead atoms. The molecule has 2 aromatic rings. The number of carbonyl (C=O) groups excluding carboxylic acids is 3. The van der Waals surface area contributed by atoms with Gasteiger partial charge in [0.25, 0.3) is 0 Å². The minimum atomic E-state index is -3.86. The standard InChI is InChI=1S/C26H35NO7S/c1-4-6-9-16-27(18-25(29)34-5-2)26(30)22(13-15-24(28)33-3)19-35(31,32)23-14-12-20-10-7-8-11-21(20)17-23/h7-8,10-12,14,17,22H,4-6,9,13,15-16,18-19H2,1-3H3. The van der Waals surface area contributed by atoms with Gasteiger partial charge in [0, 0.05) is 13.0 Å². The highest BCUT2D eigenvalue weighted by atomic mass is 32.2. The zero-order valence-corrected chi connectivity index (χ0v) is 21.5. The third-order valence-electron chi connectivity index (χ3n) is 5.74. The van der Waals surface area contributed by atoms with Gasteiger partial charge in [0.1, 0.15) is 6.54 Å². The molecule has 0 N–H and O–H groups in total. The van der Waals surface area contributed by atoms with Crippen LogP contribution in [-0.4, -0.2) is 63.7 Å². The molecule has 0 aliphatic carbocycles. The Labute approximate surface area is 207 Å². The average Bonchev–Trinajstić information content (AvgIpc) is 2.85. The second kappa shape index (κ2) is 13.8. The number of benzene rings is 2. The maximum Gasteiger partial charge on any atom is 0.325 e. The number of hydrogen-bond donors (Lipinski definition) is 0. The number of carbonyl (C=O) groups is 3. The molecule has 192 valence electrons. The quantitative estimate of drug-likeness (QED) is 0.284. The van der Waals surface area contributed by atoms with Crippen molar-refractivity contribution in [1.29, 1.82) is 0 Å². The van der Waals surface area contributed by atoms with E-state index in [-0.39, 0.29) is 30.9 Å². The smallest absolute Gasteiger partial charge is 0.325 e. The molecule has 0 heterocycles. The summed E-state index contributed by atoms with van der Waals surface area (Å²) in [6, 6.07) is 12.2. The molecule has 2 rings (SSSR count). The number of ether oxygens (including phenoxy) is 2. The highest BCUT2D eigenvalue weighted by molar-refractivity contribution is 7.91. The van der Waals surface area contributed by atoms with Gasteiger partial charge in [0.05, 0.1) is 30.3 Å². The summed E-state index contributed by atoms with van der Waals surface area (Å²) in [4.78, 5) is 38.9. The van der Waals surface area contributed by atoms with Crippen molar-refractivity contribution < 1.29 is 32.3 Å². The second-order valence-corrected chi connectivity index (χ2v) is 10.4. The van der Waals surface area contributed by atoms with Crippen molar-refractivity contribution >= 4 is 38.5 Å². The molecule has 0 spiro atoms. The van der Waals surface area contributed by atoms with E-state index in [1.54, 1.807) is 19.1 Å². The van der Waals surface area contributed by atoms with Crippen LogP contribution in [0, 0.1) is 5.92 Å². The van der Waals surface area contributed by atoms with Crippen LogP contribution in [0.15, 0.2) is 47.4 Å². The number of esters is 2. The van der Waals surface area contributed by atoms with E-state index in [1.807, 2.05) is 31.2 Å². The van der Waals surface area contributed by atoms with E-state index < -0.39 is 39.4 Å². The molecule has 9 heteroatoms. The monoisotopic (exact) mass is 505 g/mol. The van der Waals surface area contributed by atoms with Crippen LogP contribution in [0.4, 0.5) is 0 Å². The van der Waals surface area contributed by atoms with Crippen molar-refractivity contribution in [1.82, 2.24) is 4.90 Å².